The van der Waals surface area contributed by atoms with E-state index >= 15 is 0 Å². The van der Waals surface area contributed by atoms with Crippen molar-refractivity contribution >= 4 is 5.91 Å². The molecule has 2 aromatic rings. The van der Waals surface area contributed by atoms with E-state index < -0.39 is 0 Å². The van der Waals surface area contributed by atoms with Crippen molar-refractivity contribution in [2.75, 3.05) is 19.6 Å². The number of aromatic nitrogens is 5. The van der Waals surface area contributed by atoms with E-state index in [-0.39, 0.29) is 18.5 Å². The molecule has 150 valence electrons. The predicted molar refractivity (Wildman–Crippen MR) is 104 cm³/mol. The van der Waals surface area contributed by atoms with E-state index in [1.54, 1.807) is 10.9 Å². The topological polar surface area (TPSA) is 80.0 Å². The molecule has 1 amide bonds. The lowest BCUT2D eigenvalue weighted by Crippen LogP contribution is -2.41. The van der Waals surface area contributed by atoms with Gasteiger partial charge in [0.15, 0.2) is 5.82 Å². The fraction of sp³-hybridized carbons (Fsp3) is 0.650. The molecule has 8 nitrogen and oxygen atoms in total. The van der Waals surface area contributed by atoms with Crippen LogP contribution in [0.2, 0.25) is 0 Å². The standard InChI is InChI=1S/C20H29N7O/c28-20(26-13-6-3-9-18(26)17-8-7-10-21-14-17)16-27-19(22-23-24-27)15-25-11-4-1-2-5-12-25/h7-8,10,14,18H,1-6,9,11-13,15-16H2. The third-order valence-corrected chi connectivity index (χ3v) is 5.85. The highest BCUT2D eigenvalue weighted by atomic mass is 16.2. The van der Waals surface area contributed by atoms with E-state index in [9.17, 15) is 4.79 Å². The summed E-state index contributed by atoms with van der Waals surface area (Å²) in [5.41, 5.74) is 1.11. The molecule has 2 aliphatic heterocycles. The summed E-state index contributed by atoms with van der Waals surface area (Å²) in [7, 11) is 0. The van der Waals surface area contributed by atoms with Gasteiger partial charge in [-0.1, -0.05) is 18.9 Å². The Bertz CT molecular complexity index is 755. The number of likely N-dealkylation sites (tertiary alicyclic amines) is 2. The minimum absolute atomic E-state index is 0.0815. The van der Waals surface area contributed by atoms with Gasteiger partial charge in [0.1, 0.15) is 6.54 Å². The fourth-order valence-electron chi connectivity index (χ4n) is 4.32. The van der Waals surface area contributed by atoms with Crippen LogP contribution in [0.1, 0.15) is 62.4 Å². The Balaban J connectivity index is 1.43. The van der Waals surface area contributed by atoms with Crippen molar-refractivity contribution in [3.05, 3.63) is 35.9 Å². The summed E-state index contributed by atoms with van der Waals surface area (Å²) in [5.74, 6) is 0.864. The molecule has 2 saturated heterocycles. The minimum atomic E-state index is 0.0815. The Morgan fingerprint density at radius 1 is 1.07 bits per heavy atom. The highest BCUT2D eigenvalue weighted by Gasteiger charge is 2.29. The zero-order valence-electron chi connectivity index (χ0n) is 16.4. The average Bonchev–Trinajstić information content (AvgIpc) is 3.00. The van der Waals surface area contributed by atoms with Gasteiger partial charge in [0, 0.05) is 18.9 Å². The van der Waals surface area contributed by atoms with Gasteiger partial charge in [-0.25, -0.2) is 4.68 Å². The zero-order valence-corrected chi connectivity index (χ0v) is 16.4. The quantitative estimate of drug-likeness (QED) is 0.787. The summed E-state index contributed by atoms with van der Waals surface area (Å²) < 4.78 is 1.68. The van der Waals surface area contributed by atoms with Crippen molar-refractivity contribution in [2.45, 2.75) is 64.1 Å². The normalized spacial score (nSPS) is 21.4. The molecule has 0 N–H and O–H groups in total. The van der Waals surface area contributed by atoms with Crippen LogP contribution >= 0.6 is 0 Å². The largest absolute Gasteiger partial charge is 0.334 e. The summed E-state index contributed by atoms with van der Waals surface area (Å²) in [6.45, 7) is 3.85. The smallest absolute Gasteiger partial charge is 0.244 e. The van der Waals surface area contributed by atoms with Crippen LogP contribution in [0.5, 0.6) is 0 Å². The number of tetrazole rings is 1. The summed E-state index contributed by atoms with van der Waals surface area (Å²) >= 11 is 0. The first kappa shape index (κ1) is 19.0. The Morgan fingerprint density at radius 2 is 1.89 bits per heavy atom. The molecule has 0 aliphatic carbocycles. The van der Waals surface area contributed by atoms with Gasteiger partial charge < -0.3 is 4.90 Å². The number of carbonyl (C=O) groups is 1. The second kappa shape index (κ2) is 9.23. The Labute approximate surface area is 165 Å². The molecule has 0 radical (unpaired) electrons. The van der Waals surface area contributed by atoms with Crippen LogP contribution in [0.15, 0.2) is 24.5 Å². The highest BCUT2D eigenvalue weighted by molar-refractivity contribution is 5.76. The van der Waals surface area contributed by atoms with Crippen molar-refractivity contribution in [3.8, 4) is 0 Å². The SMILES string of the molecule is O=C(Cn1nnnc1CN1CCCCCC1)N1CCCCC1c1cccnc1. The van der Waals surface area contributed by atoms with Gasteiger partial charge in [-0.15, -0.1) is 5.10 Å². The lowest BCUT2D eigenvalue weighted by molar-refractivity contribution is -0.136. The molecule has 2 aliphatic rings. The maximum absolute atomic E-state index is 13.1. The number of carbonyl (C=O) groups excluding carboxylic acids is 1. The van der Waals surface area contributed by atoms with Gasteiger partial charge in [-0.2, -0.15) is 0 Å². The van der Waals surface area contributed by atoms with Crippen molar-refractivity contribution in [1.29, 1.82) is 0 Å². The van der Waals surface area contributed by atoms with Gasteiger partial charge >= 0.3 is 0 Å². The Hall–Kier alpha value is -2.35. The first-order valence-electron chi connectivity index (χ1n) is 10.5. The maximum Gasteiger partial charge on any atom is 0.244 e. The van der Waals surface area contributed by atoms with Gasteiger partial charge in [0.05, 0.1) is 12.6 Å². The van der Waals surface area contributed by atoms with Crippen molar-refractivity contribution < 1.29 is 4.79 Å². The first-order valence-corrected chi connectivity index (χ1v) is 10.5. The number of rotatable bonds is 5. The fourth-order valence-corrected chi connectivity index (χ4v) is 4.32. The van der Waals surface area contributed by atoms with Crippen molar-refractivity contribution in [1.82, 2.24) is 35.0 Å². The summed E-state index contributed by atoms with van der Waals surface area (Å²) in [6.07, 6.45) is 11.8. The van der Waals surface area contributed by atoms with E-state index in [1.807, 2.05) is 17.2 Å². The van der Waals surface area contributed by atoms with Crippen LogP contribution in [-0.2, 0) is 17.9 Å². The highest BCUT2D eigenvalue weighted by Crippen LogP contribution is 2.30. The molecule has 4 heterocycles. The summed E-state index contributed by atoms with van der Waals surface area (Å²) in [6, 6.07) is 4.10. The third kappa shape index (κ3) is 4.55. The number of hydrogen-bond acceptors (Lipinski definition) is 6. The molecule has 2 aromatic heterocycles. The monoisotopic (exact) mass is 383 g/mol. The van der Waals surface area contributed by atoms with Crippen LogP contribution in [-0.4, -0.2) is 60.5 Å². The van der Waals surface area contributed by atoms with E-state index in [2.05, 4.69) is 31.5 Å². The molecule has 0 saturated carbocycles. The number of amides is 1. The number of pyridine rings is 1. The maximum atomic E-state index is 13.1. The van der Waals surface area contributed by atoms with Gasteiger partial charge in [0.2, 0.25) is 5.91 Å². The first-order chi connectivity index (χ1) is 13.8. The molecule has 0 bridgehead atoms. The minimum Gasteiger partial charge on any atom is -0.334 e. The lowest BCUT2D eigenvalue weighted by Gasteiger charge is -2.36. The van der Waals surface area contributed by atoms with E-state index in [4.69, 9.17) is 0 Å². The summed E-state index contributed by atoms with van der Waals surface area (Å²) in [4.78, 5) is 21.7. The van der Waals surface area contributed by atoms with Crippen molar-refractivity contribution in [2.24, 2.45) is 0 Å². The molecule has 2 fully saturated rings. The second-order valence-corrected chi connectivity index (χ2v) is 7.83. The number of hydrogen-bond donors (Lipinski definition) is 0. The average molecular weight is 384 g/mol. The molecule has 1 unspecified atom stereocenters. The van der Waals surface area contributed by atoms with Gasteiger partial charge in [0.25, 0.3) is 0 Å². The van der Waals surface area contributed by atoms with Crippen LogP contribution in [0.4, 0.5) is 0 Å². The van der Waals surface area contributed by atoms with Crippen LogP contribution in [0.25, 0.3) is 0 Å². The van der Waals surface area contributed by atoms with Crippen LogP contribution in [0, 0.1) is 0 Å². The third-order valence-electron chi connectivity index (χ3n) is 5.85. The van der Waals surface area contributed by atoms with Crippen LogP contribution < -0.4 is 0 Å². The van der Waals surface area contributed by atoms with E-state index in [1.165, 1.54) is 25.7 Å². The number of piperidine rings is 1. The molecule has 1 atom stereocenters. The molecular formula is C20H29N7O. The second-order valence-electron chi connectivity index (χ2n) is 7.83. The Kier molecular flexibility index (Phi) is 6.26. The molecule has 0 aromatic carbocycles. The molecular weight excluding hydrogens is 354 g/mol. The van der Waals surface area contributed by atoms with Gasteiger partial charge in [-0.3, -0.25) is 14.7 Å². The Morgan fingerprint density at radius 3 is 2.68 bits per heavy atom. The van der Waals surface area contributed by atoms with Gasteiger partial charge in [-0.05, 0) is 67.3 Å². The van der Waals surface area contributed by atoms with E-state index in [0.717, 1.165) is 50.3 Å². The molecule has 28 heavy (non-hydrogen) atoms. The number of nitrogens with zero attached hydrogens (tertiary/aromatic N) is 7. The predicted octanol–water partition coefficient (Wildman–Crippen LogP) is 2.20. The molecule has 8 heteroatoms. The summed E-state index contributed by atoms with van der Waals surface area (Å²) in [5, 5.41) is 12.1. The lowest BCUT2D eigenvalue weighted by atomic mass is 9.96. The van der Waals surface area contributed by atoms with Crippen molar-refractivity contribution in [3.63, 3.8) is 0 Å². The van der Waals surface area contributed by atoms with Crippen LogP contribution in [0.3, 0.4) is 0 Å². The molecule has 4 rings (SSSR count). The zero-order chi connectivity index (χ0) is 19.2. The van der Waals surface area contributed by atoms with E-state index in [0.29, 0.717) is 6.54 Å². The molecule has 0 spiro atoms.